The second-order valence-electron chi connectivity index (χ2n) is 5.34. The van der Waals surface area contributed by atoms with Gasteiger partial charge >= 0.3 is 0 Å². The number of benzene rings is 3. The molecule has 3 aromatic rings. The fraction of sp³-hybridized carbons (Fsp3) is 0.105. The van der Waals surface area contributed by atoms with Gasteiger partial charge in [-0.3, -0.25) is 4.79 Å². The summed E-state index contributed by atoms with van der Waals surface area (Å²) in [5, 5.41) is 4.76. The maximum Gasteiger partial charge on any atom is 0.228 e. The van der Waals surface area contributed by atoms with Crippen molar-refractivity contribution in [2.75, 3.05) is 12.4 Å². The summed E-state index contributed by atoms with van der Waals surface area (Å²) in [6.07, 6.45) is 0.166. The second kappa shape index (κ2) is 7.01. The highest BCUT2D eigenvalue weighted by Crippen LogP contribution is 2.30. The lowest BCUT2D eigenvalue weighted by molar-refractivity contribution is -0.115. The third-order valence-corrected chi connectivity index (χ3v) is 4.23. The Kier molecular flexibility index (Phi) is 4.81. The van der Waals surface area contributed by atoms with E-state index in [2.05, 4.69) is 21.2 Å². The molecule has 0 aromatic heterocycles. The Morgan fingerprint density at radius 2 is 1.88 bits per heavy atom. The van der Waals surface area contributed by atoms with Crippen molar-refractivity contribution < 1.29 is 13.9 Å². The number of rotatable bonds is 4. The van der Waals surface area contributed by atoms with Crippen LogP contribution in [0, 0.1) is 5.82 Å². The Bertz CT molecular complexity index is 894. The molecule has 0 saturated carbocycles. The minimum Gasteiger partial charge on any atom is -0.496 e. The van der Waals surface area contributed by atoms with Crippen molar-refractivity contribution in [1.29, 1.82) is 0 Å². The summed E-state index contributed by atoms with van der Waals surface area (Å²) in [6, 6.07) is 15.4. The predicted molar refractivity (Wildman–Crippen MR) is 96.9 cm³/mol. The molecule has 1 N–H and O–H groups in total. The molecule has 0 spiro atoms. The van der Waals surface area contributed by atoms with Crippen molar-refractivity contribution in [3.05, 3.63) is 70.5 Å². The number of hydrogen-bond acceptors (Lipinski definition) is 2. The number of anilines is 1. The van der Waals surface area contributed by atoms with Gasteiger partial charge in [0.2, 0.25) is 5.91 Å². The molecule has 0 aliphatic heterocycles. The Hall–Kier alpha value is -2.40. The van der Waals surface area contributed by atoms with Gasteiger partial charge in [-0.05, 0) is 53.2 Å². The van der Waals surface area contributed by atoms with Gasteiger partial charge in [-0.15, -0.1) is 0 Å². The van der Waals surface area contributed by atoms with Gasteiger partial charge in [-0.25, -0.2) is 4.39 Å². The molecule has 0 unspecified atom stereocenters. The zero-order valence-electron chi connectivity index (χ0n) is 13.0. The molecule has 3 rings (SSSR count). The average molecular weight is 388 g/mol. The molecule has 0 radical (unpaired) electrons. The number of amides is 1. The molecule has 0 heterocycles. The maximum absolute atomic E-state index is 12.9. The topological polar surface area (TPSA) is 38.3 Å². The van der Waals surface area contributed by atoms with E-state index < -0.39 is 0 Å². The van der Waals surface area contributed by atoms with E-state index in [0.717, 1.165) is 20.8 Å². The van der Waals surface area contributed by atoms with Gasteiger partial charge in [-0.1, -0.05) is 28.1 Å². The standard InChI is InChI=1S/C19H15BrFNO2/c1-24-18-9-2-12-10-13(20)3-8-16(12)17(18)11-19(23)22-15-6-4-14(21)5-7-15/h2-10H,11H2,1H3,(H,22,23). The van der Waals surface area contributed by atoms with Gasteiger partial charge in [0, 0.05) is 15.7 Å². The summed E-state index contributed by atoms with van der Waals surface area (Å²) in [5.41, 5.74) is 1.38. The van der Waals surface area contributed by atoms with E-state index in [0.29, 0.717) is 11.4 Å². The lowest BCUT2D eigenvalue weighted by atomic mass is 10.0. The molecule has 0 bridgehead atoms. The number of carbonyl (C=O) groups excluding carboxylic acids is 1. The van der Waals surface area contributed by atoms with Crippen molar-refractivity contribution in [1.82, 2.24) is 0 Å². The Balaban J connectivity index is 1.90. The summed E-state index contributed by atoms with van der Waals surface area (Å²) < 4.78 is 19.3. The highest BCUT2D eigenvalue weighted by molar-refractivity contribution is 9.10. The minimum absolute atomic E-state index is 0.166. The zero-order valence-corrected chi connectivity index (χ0v) is 14.6. The van der Waals surface area contributed by atoms with Crippen LogP contribution in [0.1, 0.15) is 5.56 Å². The molecule has 3 aromatic carbocycles. The van der Waals surface area contributed by atoms with Crippen LogP contribution >= 0.6 is 15.9 Å². The molecule has 122 valence electrons. The first-order valence-electron chi connectivity index (χ1n) is 7.37. The number of ether oxygens (including phenoxy) is 1. The lowest BCUT2D eigenvalue weighted by Gasteiger charge is -2.13. The van der Waals surface area contributed by atoms with Gasteiger partial charge in [0.25, 0.3) is 0 Å². The van der Waals surface area contributed by atoms with Crippen molar-refractivity contribution >= 4 is 38.3 Å². The monoisotopic (exact) mass is 387 g/mol. The molecule has 0 aliphatic carbocycles. The van der Waals surface area contributed by atoms with Crippen LogP contribution in [-0.4, -0.2) is 13.0 Å². The van der Waals surface area contributed by atoms with E-state index in [-0.39, 0.29) is 18.1 Å². The molecule has 1 amide bonds. The van der Waals surface area contributed by atoms with E-state index in [1.54, 1.807) is 7.11 Å². The Morgan fingerprint density at radius 1 is 1.12 bits per heavy atom. The smallest absolute Gasteiger partial charge is 0.228 e. The van der Waals surface area contributed by atoms with Crippen LogP contribution in [0.15, 0.2) is 59.1 Å². The van der Waals surface area contributed by atoms with Crippen molar-refractivity contribution in [3.8, 4) is 5.75 Å². The number of nitrogens with one attached hydrogen (secondary N) is 1. The van der Waals surface area contributed by atoms with Crippen LogP contribution < -0.4 is 10.1 Å². The Morgan fingerprint density at radius 3 is 2.58 bits per heavy atom. The van der Waals surface area contributed by atoms with Crippen LogP contribution in [0.3, 0.4) is 0 Å². The van der Waals surface area contributed by atoms with Crippen molar-refractivity contribution in [2.45, 2.75) is 6.42 Å². The quantitative estimate of drug-likeness (QED) is 0.688. The summed E-state index contributed by atoms with van der Waals surface area (Å²) in [4.78, 5) is 12.4. The summed E-state index contributed by atoms with van der Waals surface area (Å²) in [7, 11) is 1.58. The summed E-state index contributed by atoms with van der Waals surface area (Å²) in [5.74, 6) is 0.142. The van der Waals surface area contributed by atoms with Gasteiger partial charge in [0.15, 0.2) is 0 Å². The molecule has 5 heteroatoms. The summed E-state index contributed by atoms with van der Waals surface area (Å²) in [6.45, 7) is 0. The highest BCUT2D eigenvalue weighted by Gasteiger charge is 2.13. The van der Waals surface area contributed by atoms with Crippen molar-refractivity contribution in [3.63, 3.8) is 0 Å². The molecule has 0 aliphatic rings. The number of hydrogen-bond donors (Lipinski definition) is 1. The third-order valence-electron chi connectivity index (χ3n) is 3.74. The van der Waals surface area contributed by atoms with Crippen LogP contribution in [0.5, 0.6) is 5.75 Å². The number of methoxy groups -OCH3 is 1. The van der Waals surface area contributed by atoms with Crippen LogP contribution in [-0.2, 0) is 11.2 Å². The lowest BCUT2D eigenvalue weighted by Crippen LogP contribution is -2.15. The minimum atomic E-state index is -0.339. The average Bonchev–Trinajstić information content (AvgIpc) is 2.57. The third kappa shape index (κ3) is 3.57. The Labute approximate surface area is 147 Å². The van der Waals surface area contributed by atoms with Crippen LogP contribution in [0.4, 0.5) is 10.1 Å². The van der Waals surface area contributed by atoms with Gasteiger partial charge in [0.05, 0.1) is 13.5 Å². The van der Waals surface area contributed by atoms with Crippen LogP contribution in [0.25, 0.3) is 10.8 Å². The van der Waals surface area contributed by atoms with E-state index in [1.807, 2.05) is 30.3 Å². The zero-order chi connectivity index (χ0) is 17.1. The number of halogens is 2. The van der Waals surface area contributed by atoms with E-state index in [1.165, 1.54) is 24.3 Å². The molecule has 3 nitrogen and oxygen atoms in total. The molecule has 0 saturated heterocycles. The first-order chi connectivity index (χ1) is 11.6. The first-order valence-corrected chi connectivity index (χ1v) is 8.16. The fourth-order valence-electron chi connectivity index (χ4n) is 2.62. The normalized spacial score (nSPS) is 10.6. The van der Waals surface area contributed by atoms with Gasteiger partial charge < -0.3 is 10.1 Å². The fourth-order valence-corrected chi connectivity index (χ4v) is 3.00. The first kappa shape index (κ1) is 16.5. The van der Waals surface area contributed by atoms with Crippen LogP contribution in [0.2, 0.25) is 0 Å². The molecule has 24 heavy (non-hydrogen) atoms. The van der Waals surface area contributed by atoms with Gasteiger partial charge in [-0.2, -0.15) is 0 Å². The van der Waals surface area contributed by atoms with E-state index >= 15 is 0 Å². The van der Waals surface area contributed by atoms with Gasteiger partial charge in [0.1, 0.15) is 11.6 Å². The highest BCUT2D eigenvalue weighted by atomic mass is 79.9. The molecule has 0 fully saturated rings. The molecular formula is C19H15BrFNO2. The predicted octanol–water partition coefficient (Wildman–Crippen LogP) is 4.93. The number of carbonyl (C=O) groups is 1. The van der Waals surface area contributed by atoms with Crippen molar-refractivity contribution in [2.24, 2.45) is 0 Å². The molecular weight excluding hydrogens is 373 g/mol. The largest absolute Gasteiger partial charge is 0.496 e. The van der Waals surface area contributed by atoms with E-state index in [9.17, 15) is 9.18 Å². The SMILES string of the molecule is COc1ccc2cc(Br)ccc2c1CC(=O)Nc1ccc(F)cc1. The summed E-state index contributed by atoms with van der Waals surface area (Å²) >= 11 is 3.45. The second-order valence-corrected chi connectivity index (χ2v) is 6.26. The van der Waals surface area contributed by atoms with E-state index in [4.69, 9.17) is 4.74 Å². The molecule has 0 atom stereocenters. The maximum atomic E-state index is 12.9. The number of fused-ring (bicyclic) bond motifs is 1.